The van der Waals surface area contributed by atoms with Crippen molar-refractivity contribution in [1.29, 1.82) is 0 Å². The number of rotatable bonds is 8. The number of carbonyl (C=O) groups is 1. The van der Waals surface area contributed by atoms with E-state index in [-0.39, 0.29) is 5.78 Å². The molecule has 0 heterocycles. The molecule has 0 radical (unpaired) electrons. The summed E-state index contributed by atoms with van der Waals surface area (Å²) in [5.41, 5.74) is 1.61. The fraction of sp³-hybridized carbons (Fsp3) is 0.529. The molecule has 116 valence electrons. The van der Waals surface area contributed by atoms with Crippen molar-refractivity contribution in [2.75, 3.05) is 11.9 Å². The van der Waals surface area contributed by atoms with Gasteiger partial charge < -0.3 is 10.6 Å². The Morgan fingerprint density at radius 1 is 1.24 bits per heavy atom. The fourth-order valence-corrected chi connectivity index (χ4v) is 2.35. The maximum atomic E-state index is 11.2. The Balaban J connectivity index is 2.40. The van der Waals surface area contributed by atoms with E-state index in [1.807, 2.05) is 24.3 Å². The van der Waals surface area contributed by atoms with Crippen LogP contribution < -0.4 is 10.6 Å². The van der Waals surface area contributed by atoms with Crippen LogP contribution in [0.5, 0.6) is 0 Å². The first-order valence-corrected chi connectivity index (χ1v) is 8.13. The molecule has 0 spiro atoms. The molecule has 0 fully saturated rings. The van der Waals surface area contributed by atoms with Crippen molar-refractivity contribution < 1.29 is 4.79 Å². The van der Waals surface area contributed by atoms with Gasteiger partial charge in [0.05, 0.1) is 0 Å². The van der Waals surface area contributed by atoms with Crippen LogP contribution in [0.2, 0.25) is 0 Å². The molecule has 0 aliphatic rings. The molecule has 0 aliphatic carbocycles. The van der Waals surface area contributed by atoms with Crippen LogP contribution in [0.15, 0.2) is 24.3 Å². The highest BCUT2D eigenvalue weighted by Gasteiger charge is 2.07. The van der Waals surface area contributed by atoms with Crippen LogP contribution in [0.4, 0.5) is 5.69 Å². The third kappa shape index (κ3) is 6.71. The Morgan fingerprint density at radius 3 is 2.43 bits per heavy atom. The third-order valence-electron chi connectivity index (χ3n) is 3.64. The van der Waals surface area contributed by atoms with Gasteiger partial charge in [0.15, 0.2) is 10.9 Å². The first-order chi connectivity index (χ1) is 10.1. The van der Waals surface area contributed by atoms with Crippen LogP contribution in [0.1, 0.15) is 56.8 Å². The van der Waals surface area contributed by atoms with Gasteiger partial charge in [0, 0.05) is 17.8 Å². The zero-order valence-electron chi connectivity index (χ0n) is 13.2. The minimum atomic E-state index is 0.0731. The second-order valence-electron chi connectivity index (χ2n) is 5.39. The van der Waals surface area contributed by atoms with Crippen molar-refractivity contribution in [1.82, 2.24) is 5.32 Å². The fourth-order valence-electron chi connectivity index (χ4n) is 2.14. The summed E-state index contributed by atoms with van der Waals surface area (Å²) in [6.07, 6.45) is 4.92. The van der Waals surface area contributed by atoms with Gasteiger partial charge in [0.2, 0.25) is 0 Å². The lowest BCUT2D eigenvalue weighted by Crippen LogP contribution is -2.32. The molecule has 2 N–H and O–H groups in total. The SMILES string of the molecule is CCCCC(CC)CNC(=S)Nc1ccc(C(C)=O)cc1. The lowest BCUT2D eigenvalue weighted by molar-refractivity contribution is 0.101. The van der Waals surface area contributed by atoms with Gasteiger partial charge in [0.1, 0.15) is 0 Å². The summed E-state index contributed by atoms with van der Waals surface area (Å²) in [5, 5.41) is 7.07. The highest BCUT2D eigenvalue weighted by Crippen LogP contribution is 2.12. The Labute approximate surface area is 133 Å². The Bertz CT molecular complexity index is 456. The monoisotopic (exact) mass is 306 g/mol. The summed E-state index contributed by atoms with van der Waals surface area (Å²) in [6.45, 7) is 6.92. The molecule has 1 rings (SSSR count). The molecular formula is C17H26N2OS. The van der Waals surface area contributed by atoms with Crippen LogP contribution in [-0.2, 0) is 0 Å². The van der Waals surface area contributed by atoms with Crippen molar-refractivity contribution in [3.8, 4) is 0 Å². The molecule has 21 heavy (non-hydrogen) atoms. The summed E-state index contributed by atoms with van der Waals surface area (Å²) in [5.74, 6) is 0.744. The lowest BCUT2D eigenvalue weighted by Gasteiger charge is -2.17. The maximum absolute atomic E-state index is 11.2. The number of ketones is 1. The summed E-state index contributed by atoms with van der Waals surface area (Å²) in [7, 11) is 0. The predicted octanol–water partition coefficient (Wildman–Crippen LogP) is 4.39. The molecule has 4 heteroatoms. The number of carbonyl (C=O) groups excluding carboxylic acids is 1. The number of unbranched alkanes of at least 4 members (excludes halogenated alkanes) is 1. The van der Waals surface area contributed by atoms with E-state index in [1.54, 1.807) is 6.92 Å². The van der Waals surface area contributed by atoms with Crippen molar-refractivity contribution in [2.24, 2.45) is 5.92 Å². The predicted molar refractivity (Wildman–Crippen MR) is 94.0 cm³/mol. The molecular weight excluding hydrogens is 280 g/mol. The van der Waals surface area contributed by atoms with E-state index in [0.717, 1.165) is 12.2 Å². The van der Waals surface area contributed by atoms with Crippen LogP contribution >= 0.6 is 12.2 Å². The molecule has 1 aromatic carbocycles. The average Bonchev–Trinajstić information content (AvgIpc) is 2.48. The van der Waals surface area contributed by atoms with Gasteiger partial charge in [-0.2, -0.15) is 0 Å². The first kappa shape index (κ1) is 17.6. The summed E-state index contributed by atoms with van der Waals surface area (Å²) < 4.78 is 0. The smallest absolute Gasteiger partial charge is 0.170 e. The van der Waals surface area contributed by atoms with Crippen LogP contribution in [-0.4, -0.2) is 17.4 Å². The number of Topliss-reactive ketones (excluding diaryl/α,β-unsaturated/α-hetero) is 1. The highest BCUT2D eigenvalue weighted by atomic mass is 32.1. The standard InChI is InChI=1S/C17H26N2OS/c1-4-6-7-14(5-2)12-18-17(21)19-16-10-8-15(9-11-16)13(3)20/h8-11,14H,4-7,12H2,1-3H3,(H2,18,19,21). The number of nitrogens with one attached hydrogen (secondary N) is 2. The third-order valence-corrected chi connectivity index (χ3v) is 3.89. The van der Waals surface area contributed by atoms with Gasteiger partial charge in [-0.25, -0.2) is 0 Å². The molecule has 3 nitrogen and oxygen atoms in total. The lowest BCUT2D eigenvalue weighted by atomic mass is 9.99. The number of hydrogen-bond donors (Lipinski definition) is 2. The Hall–Kier alpha value is -1.42. The van der Waals surface area contributed by atoms with E-state index in [9.17, 15) is 4.79 Å². The molecule has 1 atom stereocenters. The number of thiocarbonyl (C=S) groups is 1. The van der Waals surface area contributed by atoms with E-state index >= 15 is 0 Å². The number of benzene rings is 1. The molecule has 0 saturated heterocycles. The van der Waals surface area contributed by atoms with E-state index in [2.05, 4.69) is 24.5 Å². The second-order valence-corrected chi connectivity index (χ2v) is 5.79. The van der Waals surface area contributed by atoms with Gasteiger partial charge in [-0.15, -0.1) is 0 Å². The summed E-state index contributed by atoms with van der Waals surface area (Å²) in [4.78, 5) is 11.2. The normalized spacial score (nSPS) is 11.8. The minimum absolute atomic E-state index is 0.0731. The first-order valence-electron chi connectivity index (χ1n) is 7.72. The average molecular weight is 306 g/mol. The number of hydrogen-bond acceptors (Lipinski definition) is 2. The second kappa shape index (κ2) is 9.50. The highest BCUT2D eigenvalue weighted by molar-refractivity contribution is 7.80. The van der Waals surface area contributed by atoms with Gasteiger partial charge in [0.25, 0.3) is 0 Å². The molecule has 1 unspecified atom stereocenters. The number of anilines is 1. The van der Waals surface area contributed by atoms with Gasteiger partial charge in [-0.3, -0.25) is 4.79 Å². The van der Waals surface area contributed by atoms with E-state index in [0.29, 0.717) is 16.6 Å². The molecule has 0 bridgehead atoms. The summed E-state index contributed by atoms with van der Waals surface area (Å²) in [6, 6.07) is 7.37. The van der Waals surface area contributed by atoms with Gasteiger partial charge in [-0.05, 0) is 55.7 Å². The molecule has 0 aromatic heterocycles. The van der Waals surface area contributed by atoms with Crippen molar-refractivity contribution in [3.63, 3.8) is 0 Å². The van der Waals surface area contributed by atoms with Gasteiger partial charge in [-0.1, -0.05) is 33.1 Å². The minimum Gasteiger partial charge on any atom is -0.362 e. The molecule has 0 aliphatic heterocycles. The molecule has 0 amide bonds. The zero-order valence-corrected chi connectivity index (χ0v) is 14.1. The quantitative estimate of drug-likeness (QED) is 0.552. The largest absolute Gasteiger partial charge is 0.362 e. The Morgan fingerprint density at radius 2 is 1.90 bits per heavy atom. The molecule has 0 saturated carbocycles. The zero-order chi connectivity index (χ0) is 15.7. The van der Waals surface area contributed by atoms with Crippen LogP contribution in [0.3, 0.4) is 0 Å². The van der Waals surface area contributed by atoms with Crippen molar-refractivity contribution in [2.45, 2.75) is 46.5 Å². The van der Waals surface area contributed by atoms with Gasteiger partial charge >= 0.3 is 0 Å². The molecule has 1 aromatic rings. The van der Waals surface area contributed by atoms with Crippen molar-refractivity contribution >= 4 is 28.8 Å². The Kier molecular flexibility index (Phi) is 7.98. The van der Waals surface area contributed by atoms with Crippen LogP contribution in [0, 0.1) is 5.92 Å². The summed E-state index contributed by atoms with van der Waals surface area (Å²) >= 11 is 5.31. The maximum Gasteiger partial charge on any atom is 0.170 e. The van der Waals surface area contributed by atoms with E-state index in [4.69, 9.17) is 12.2 Å². The van der Waals surface area contributed by atoms with Crippen molar-refractivity contribution in [3.05, 3.63) is 29.8 Å². The van der Waals surface area contributed by atoms with E-state index in [1.165, 1.54) is 25.7 Å². The van der Waals surface area contributed by atoms with Crippen LogP contribution in [0.25, 0.3) is 0 Å². The van der Waals surface area contributed by atoms with E-state index < -0.39 is 0 Å². The topological polar surface area (TPSA) is 41.1 Å².